The molecule has 2 rings (SSSR count). The van der Waals surface area contributed by atoms with Crippen molar-refractivity contribution in [2.45, 2.75) is 32.2 Å². The van der Waals surface area contributed by atoms with Crippen LogP contribution >= 0.6 is 23.1 Å². The molecule has 90 valence electrons. The summed E-state index contributed by atoms with van der Waals surface area (Å²) in [6, 6.07) is 0.551. The van der Waals surface area contributed by atoms with E-state index in [4.69, 9.17) is 0 Å². The van der Waals surface area contributed by atoms with E-state index >= 15 is 0 Å². The fraction of sp³-hybridized carbons (Fsp3) is 0.750. The maximum Gasteiger partial charge on any atom is 0.0930 e. The average molecular weight is 256 g/mol. The monoisotopic (exact) mass is 256 g/mol. The second-order valence-electron chi connectivity index (χ2n) is 4.55. The van der Waals surface area contributed by atoms with Crippen LogP contribution in [0.15, 0.2) is 6.20 Å². The molecule has 2 nitrogen and oxygen atoms in total. The number of hydrogen-bond donors (Lipinski definition) is 1. The minimum atomic E-state index is 0.551. The Bertz CT molecular complexity index is 319. The summed E-state index contributed by atoms with van der Waals surface area (Å²) in [7, 11) is 2.02. The molecule has 16 heavy (non-hydrogen) atoms. The van der Waals surface area contributed by atoms with Gasteiger partial charge in [-0.05, 0) is 44.2 Å². The van der Waals surface area contributed by atoms with E-state index in [2.05, 4.69) is 35.2 Å². The summed E-state index contributed by atoms with van der Waals surface area (Å²) in [4.78, 5) is 5.97. The Morgan fingerprint density at radius 2 is 2.50 bits per heavy atom. The Labute approximate surface area is 106 Å². The Hall–Kier alpha value is -0.0600. The highest BCUT2D eigenvalue weighted by molar-refractivity contribution is 7.99. The number of hydrogen-bond acceptors (Lipinski definition) is 4. The van der Waals surface area contributed by atoms with Gasteiger partial charge in [0.2, 0.25) is 0 Å². The summed E-state index contributed by atoms with van der Waals surface area (Å²) in [6.45, 7) is 2.22. The zero-order chi connectivity index (χ0) is 11.4. The minimum Gasteiger partial charge on any atom is -0.317 e. The molecule has 0 amide bonds. The average Bonchev–Trinajstić information content (AvgIpc) is 2.91. The first-order chi connectivity index (χ1) is 7.78. The van der Waals surface area contributed by atoms with Gasteiger partial charge in [-0.1, -0.05) is 0 Å². The number of likely N-dealkylation sites (N-methyl/N-ethyl adjacent to an activating group) is 1. The molecule has 0 radical (unpaired) electrons. The van der Waals surface area contributed by atoms with Crippen LogP contribution < -0.4 is 5.32 Å². The topological polar surface area (TPSA) is 24.9 Å². The quantitative estimate of drug-likeness (QED) is 0.876. The van der Waals surface area contributed by atoms with E-state index in [1.807, 2.05) is 18.4 Å². The molecule has 0 bridgehead atoms. The molecule has 2 atom stereocenters. The molecule has 1 aliphatic heterocycles. The first-order valence-electron chi connectivity index (χ1n) is 5.96. The van der Waals surface area contributed by atoms with Gasteiger partial charge >= 0.3 is 0 Å². The van der Waals surface area contributed by atoms with Crippen LogP contribution in [-0.4, -0.2) is 29.6 Å². The minimum absolute atomic E-state index is 0.551. The molecule has 1 N–H and O–H groups in total. The van der Waals surface area contributed by atoms with Gasteiger partial charge in [-0.15, -0.1) is 11.3 Å². The van der Waals surface area contributed by atoms with Crippen LogP contribution in [0.1, 0.15) is 23.2 Å². The highest BCUT2D eigenvalue weighted by Crippen LogP contribution is 2.28. The van der Waals surface area contributed by atoms with Crippen LogP contribution in [0.5, 0.6) is 0 Å². The summed E-state index contributed by atoms with van der Waals surface area (Å²) >= 11 is 3.99. The third kappa shape index (κ3) is 3.47. The van der Waals surface area contributed by atoms with Gasteiger partial charge in [0.05, 0.1) is 5.01 Å². The maximum absolute atomic E-state index is 4.55. The zero-order valence-corrected chi connectivity index (χ0v) is 11.7. The maximum atomic E-state index is 4.55. The van der Waals surface area contributed by atoms with Crippen LogP contribution in [0.4, 0.5) is 0 Å². The molecular weight excluding hydrogens is 236 g/mol. The third-order valence-electron chi connectivity index (χ3n) is 3.09. The van der Waals surface area contributed by atoms with E-state index in [1.54, 1.807) is 0 Å². The van der Waals surface area contributed by atoms with E-state index in [0.717, 1.165) is 12.3 Å². The molecule has 1 fully saturated rings. The van der Waals surface area contributed by atoms with Crippen molar-refractivity contribution < 1.29 is 0 Å². The normalized spacial score (nSPS) is 22.5. The number of thiazole rings is 1. The fourth-order valence-electron chi connectivity index (χ4n) is 1.93. The number of nitrogens with zero attached hydrogens (tertiary/aromatic N) is 1. The Kier molecular flexibility index (Phi) is 4.67. The second kappa shape index (κ2) is 6.03. The molecule has 1 aliphatic rings. The van der Waals surface area contributed by atoms with E-state index in [1.165, 1.54) is 34.2 Å². The van der Waals surface area contributed by atoms with Gasteiger partial charge in [-0.3, -0.25) is 0 Å². The van der Waals surface area contributed by atoms with Crippen molar-refractivity contribution in [3.63, 3.8) is 0 Å². The predicted molar refractivity (Wildman–Crippen MR) is 73.5 cm³/mol. The highest BCUT2D eigenvalue weighted by Gasteiger charge is 2.17. The Morgan fingerprint density at radius 1 is 1.62 bits per heavy atom. The van der Waals surface area contributed by atoms with Gasteiger partial charge in [0.1, 0.15) is 0 Å². The molecule has 0 saturated carbocycles. The third-order valence-corrected chi connectivity index (χ3v) is 5.36. The van der Waals surface area contributed by atoms with Crippen molar-refractivity contribution in [3.05, 3.63) is 16.1 Å². The molecule has 2 unspecified atom stereocenters. The van der Waals surface area contributed by atoms with Crippen LogP contribution in [0, 0.1) is 5.92 Å². The lowest BCUT2D eigenvalue weighted by Crippen LogP contribution is -2.22. The molecule has 0 aromatic carbocycles. The number of thioether (sulfide) groups is 1. The lowest BCUT2D eigenvalue weighted by molar-refractivity contribution is 0.594. The molecule has 0 aliphatic carbocycles. The van der Waals surface area contributed by atoms with Gasteiger partial charge in [0.15, 0.2) is 0 Å². The lowest BCUT2D eigenvalue weighted by atomic mass is 10.1. The van der Waals surface area contributed by atoms with Gasteiger partial charge in [0.25, 0.3) is 0 Å². The number of aromatic nitrogens is 1. The van der Waals surface area contributed by atoms with Crippen molar-refractivity contribution in [1.29, 1.82) is 0 Å². The molecule has 4 heteroatoms. The van der Waals surface area contributed by atoms with E-state index in [0.29, 0.717) is 6.04 Å². The molecular formula is C12H20N2S2. The first-order valence-corrected chi connectivity index (χ1v) is 7.93. The Balaban J connectivity index is 1.86. The summed E-state index contributed by atoms with van der Waals surface area (Å²) in [6.07, 6.45) is 5.75. The zero-order valence-electron chi connectivity index (χ0n) is 10.0. The summed E-state index contributed by atoms with van der Waals surface area (Å²) < 4.78 is 0. The second-order valence-corrected chi connectivity index (χ2v) is 6.90. The summed E-state index contributed by atoms with van der Waals surface area (Å²) in [5.74, 6) is 3.56. The summed E-state index contributed by atoms with van der Waals surface area (Å²) in [5, 5.41) is 4.61. The van der Waals surface area contributed by atoms with Gasteiger partial charge < -0.3 is 5.32 Å². The molecule has 1 aromatic heterocycles. The van der Waals surface area contributed by atoms with Crippen molar-refractivity contribution in [1.82, 2.24) is 10.3 Å². The smallest absolute Gasteiger partial charge is 0.0930 e. The van der Waals surface area contributed by atoms with Crippen LogP contribution in [-0.2, 0) is 12.8 Å². The Morgan fingerprint density at radius 3 is 3.19 bits per heavy atom. The van der Waals surface area contributed by atoms with Gasteiger partial charge in [-0.25, -0.2) is 4.98 Å². The SMILES string of the molecule is CNC(C)Cc1cnc(CC2CCSC2)s1. The fourth-order valence-corrected chi connectivity index (χ4v) is 4.38. The lowest BCUT2D eigenvalue weighted by Gasteiger charge is -2.06. The molecule has 1 aromatic rings. The highest BCUT2D eigenvalue weighted by atomic mass is 32.2. The molecule has 0 spiro atoms. The van der Waals surface area contributed by atoms with Crippen molar-refractivity contribution in [3.8, 4) is 0 Å². The largest absolute Gasteiger partial charge is 0.317 e. The van der Waals surface area contributed by atoms with Crippen molar-refractivity contribution in [2.75, 3.05) is 18.6 Å². The molecule has 1 saturated heterocycles. The predicted octanol–water partition coefficient (Wildman–Crippen LogP) is 2.59. The van der Waals surface area contributed by atoms with Gasteiger partial charge in [0, 0.05) is 23.5 Å². The van der Waals surface area contributed by atoms with Crippen LogP contribution in [0.25, 0.3) is 0 Å². The standard InChI is InChI=1S/C12H20N2S2/c1-9(13-2)5-11-7-14-12(16-11)6-10-3-4-15-8-10/h7,9-10,13H,3-6,8H2,1-2H3. The van der Waals surface area contributed by atoms with Gasteiger partial charge in [-0.2, -0.15) is 11.8 Å². The van der Waals surface area contributed by atoms with E-state index in [9.17, 15) is 0 Å². The molecule has 2 heterocycles. The van der Waals surface area contributed by atoms with Crippen LogP contribution in [0.3, 0.4) is 0 Å². The first kappa shape index (κ1) is 12.4. The van der Waals surface area contributed by atoms with E-state index < -0.39 is 0 Å². The van der Waals surface area contributed by atoms with Crippen molar-refractivity contribution >= 4 is 23.1 Å². The van der Waals surface area contributed by atoms with E-state index in [-0.39, 0.29) is 0 Å². The van der Waals surface area contributed by atoms with Crippen LogP contribution in [0.2, 0.25) is 0 Å². The summed E-state index contributed by atoms with van der Waals surface area (Å²) in [5.41, 5.74) is 0. The van der Waals surface area contributed by atoms with Crippen molar-refractivity contribution in [2.24, 2.45) is 5.92 Å². The number of rotatable bonds is 5. The number of nitrogens with one attached hydrogen (secondary N) is 1.